The second kappa shape index (κ2) is 26.9. The molecule has 0 aliphatic heterocycles. The third kappa shape index (κ3) is 22.9. The molecule has 0 saturated heterocycles. The maximum absolute atomic E-state index is 12.7. The van der Waals surface area contributed by atoms with Crippen LogP contribution in [0.2, 0.25) is 0 Å². The van der Waals surface area contributed by atoms with Crippen molar-refractivity contribution in [3.05, 3.63) is 0 Å². The predicted molar refractivity (Wildman–Crippen MR) is 163 cm³/mol. The van der Waals surface area contributed by atoms with Gasteiger partial charge in [0.15, 0.2) is 0 Å². The summed E-state index contributed by atoms with van der Waals surface area (Å²) in [7, 11) is 3.60. The molecule has 0 saturated carbocycles. The summed E-state index contributed by atoms with van der Waals surface area (Å²) in [6.45, 7) is 4.55. The zero-order valence-electron chi connectivity index (χ0n) is 26.1. The number of imide groups is 1. The fourth-order valence-electron chi connectivity index (χ4n) is 5.29. The fraction of sp³-hybridized carbons (Fsp3) is 0.941. The Morgan fingerprint density at radius 3 is 0.757 bits per heavy atom. The minimum atomic E-state index is -0.0590. The Labute approximate surface area is 233 Å². The van der Waals surface area contributed by atoms with Crippen LogP contribution >= 0.6 is 0 Å². The van der Waals surface area contributed by atoms with Crippen LogP contribution in [-0.4, -0.2) is 30.4 Å². The van der Waals surface area contributed by atoms with E-state index in [1.165, 1.54) is 141 Å². The highest BCUT2D eigenvalue weighted by atomic mass is 16.2. The molecule has 2 amide bonds. The van der Waals surface area contributed by atoms with Crippen LogP contribution in [0.5, 0.6) is 0 Å². The molecule has 0 N–H and O–H groups in total. The van der Waals surface area contributed by atoms with Gasteiger partial charge in [-0.1, -0.05) is 168 Å². The van der Waals surface area contributed by atoms with Crippen molar-refractivity contribution >= 4 is 11.8 Å². The maximum atomic E-state index is 12.7. The van der Waals surface area contributed by atoms with Gasteiger partial charge in [-0.05, 0) is 12.8 Å². The largest absolute Gasteiger partial charge is 0.320 e. The Balaban J connectivity index is 3.59. The molecule has 0 aromatic carbocycles. The molecule has 3 nitrogen and oxygen atoms in total. The SMILES string of the molecule is CCCCCCCCCCCCCCCC(=O)[N+](C)(C)C(=O)CCCCCCCCCCCCCCC. The lowest BCUT2D eigenvalue weighted by molar-refractivity contribution is -0.736. The highest BCUT2D eigenvalue weighted by molar-refractivity contribution is 5.84. The molecule has 0 atom stereocenters. The summed E-state index contributed by atoms with van der Waals surface area (Å²) >= 11 is 0. The molecular formula is C34H68NO2+. The first-order valence-electron chi connectivity index (χ1n) is 16.9. The van der Waals surface area contributed by atoms with Crippen molar-refractivity contribution in [3.8, 4) is 0 Å². The van der Waals surface area contributed by atoms with Crippen molar-refractivity contribution < 1.29 is 14.1 Å². The lowest BCUT2D eigenvalue weighted by Gasteiger charge is -2.24. The van der Waals surface area contributed by atoms with Crippen molar-refractivity contribution in [3.63, 3.8) is 0 Å². The molecule has 0 spiro atoms. The highest BCUT2D eigenvalue weighted by Gasteiger charge is 2.33. The van der Waals surface area contributed by atoms with E-state index in [2.05, 4.69) is 13.8 Å². The van der Waals surface area contributed by atoms with E-state index in [0.717, 1.165) is 25.7 Å². The topological polar surface area (TPSA) is 34.1 Å². The highest BCUT2D eigenvalue weighted by Crippen LogP contribution is 2.17. The zero-order chi connectivity index (χ0) is 27.5. The molecule has 37 heavy (non-hydrogen) atoms. The first-order chi connectivity index (χ1) is 18.0. The molecule has 3 heteroatoms. The van der Waals surface area contributed by atoms with Gasteiger partial charge in [0.2, 0.25) is 0 Å². The monoisotopic (exact) mass is 523 g/mol. The van der Waals surface area contributed by atoms with Gasteiger partial charge in [0.1, 0.15) is 0 Å². The van der Waals surface area contributed by atoms with Crippen LogP contribution in [0.15, 0.2) is 0 Å². The zero-order valence-corrected chi connectivity index (χ0v) is 26.1. The van der Waals surface area contributed by atoms with Crippen molar-refractivity contribution in [2.24, 2.45) is 0 Å². The number of unbranched alkanes of at least 4 members (excludes halogenated alkanes) is 24. The molecule has 0 rings (SSSR count). The van der Waals surface area contributed by atoms with Gasteiger partial charge in [-0.25, -0.2) is 14.1 Å². The van der Waals surface area contributed by atoms with Crippen molar-refractivity contribution in [2.45, 2.75) is 194 Å². The standard InChI is InChI=1S/C34H68NO2/c1-5-7-9-11-13-15-17-19-21-23-25-27-29-31-33(36)35(3,4)34(37)32-30-28-26-24-22-20-18-16-14-12-10-8-6-2/h5-32H2,1-4H3/q+1. The summed E-state index contributed by atoms with van der Waals surface area (Å²) in [6, 6.07) is 0. The third-order valence-corrected chi connectivity index (χ3v) is 8.24. The van der Waals surface area contributed by atoms with Gasteiger partial charge in [0.25, 0.3) is 0 Å². The van der Waals surface area contributed by atoms with Gasteiger partial charge in [0, 0.05) is 0 Å². The average Bonchev–Trinajstić information content (AvgIpc) is 2.89. The third-order valence-electron chi connectivity index (χ3n) is 8.24. The van der Waals surface area contributed by atoms with Crippen LogP contribution in [0, 0.1) is 0 Å². The molecule has 0 aromatic rings. The number of hydrogen-bond acceptors (Lipinski definition) is 2. The van der Waals surface area contributed by atoms with Crippen LogP contribution in [0.25, 0.3) is 0 Å². The smallest absolute Gasteiger partial charge is 0.230 e. The molecule has 0 aliphatic rings. The molecule has 0 aliphatic carbocycles. The normalized spacial score (nSPS) is 11.8. The molecule has 0 radical (unpaired) electrons. The van der Waals surface area contributed by atoms with E-state index in [1.807, 2.05) is 0 Å². The Morgan fingerprint density at radius 2 is 0.541 bits per heavy atom. The Kier molecular flexibility index (Phi) is 26.4. The van der Waals surface area contributed by atoms with Gasteiger partial charge in [-0.3, -0.25) is 0 Å². The van der Waals surface area contributed by atoms with Gasteiger partial charge in [-0.15, -0.1) is 0 Å². The number of amides is 2. The second-order valence-corrected chi connectivity index (χ2v) is 12.2. The van der Waals surface area contributed by atoms with Crippen LogP contribution in [0.4, 0.5) is 0 Å². The van der Waals surface area contributed by atoms with E-state index < -0.39 is 0 Å². The minimum Gasteiger partial charge on any atom is -0.230 e. The van der Waals surface area contributed by atoms with Crippen molar-refractivity contribution in [1.29, 1.82) is 0 Å². The fourth-order valence-corrected chi connectivity index (χ4v) is 5.29. The second-order valence-electron chi connectivity index (χ2n) is 12.2. The molecule has 0 bridgehead atoms. The van der Waals surface area contributed by atoms with Gasteiger partial charge in [-0.2, -0.15) is 0 Å². The first-order valence-corrected chi connectivity index (χ1v) is 16.9. The summed E-state index contributed by atoms with van der Waals surface area (Å²) in [6.07, 6.45) is 35.2. The Bertz CT molecular complexity index is 470. The number of rotatable bonds is 28. The number of quaternary nitrogens is 1. The quantitative estimate of drug-likeness (QED) is 0.0756. The summed E-state index contributed by atoms with van der Waals surface area (Å²) in [5.74, 6) is 0.200. The molecular weight excluding hydrogens is 454 g/mol. The number of hydrogen-bond donors (Lipinski definition) is 0. The number of carbonyl (C=O) groups excluding carboxylic acids is 2. The van der Waals surface area contributed by atoms with Gasteiger partial charge < -0.3 is 0 Å². The number of carbonyl (C=O) groups is 2. The lowest BCUT2D eigenvalue weighted by Crippen LogP contribution is -2.50. The Hall–Kier alpha value is -0.700. The van der Waals surface area contributed by atoms with E-state index in [4.69, 9.17) is 0 Å². The average molecular weight is 523 g/mol. The van der Waals surface area contributed by atoms with Crippen molar-refractivity contribution in [2.75, 3.05) is 14.1 Å². The van der Waals surface area contributed by atoms with Crippen molar-refractivity contribution in [1.82, 2.24) is 0 Å². The van der Waals surface area contributed by atoms with Gasteiger partial charge in [0.05, 0.1) is 26.9 Å². The maximum Gasteiger partial charge on any atom is 0.320 e. The molecule has 0 heterocycles. The number of nitrogens with zero attached hydrogens (tertiary/aromatic N) is 1. The summed E-state index contributed by atoms with van der Waals surface area (Å²) in [5, 5.41) is 0. The van der Waals surface area contributed by atoms with E-state index >= 15 is 0 Å². The van der Waals surface area contributed by atoms with Crippen LogP contribution in [0.3, 0.4) is 0 Å². The molecule has 0 unspecified atom stereocenters. The minimum absolute atomic E-state index is 0.0590. The van der Waals surface area contributed by atoms with E-state index in [-0.39, 0.29) is 16.3 Å². The summed E-state index contributed by atoms with van der Waals surface area (Å²) in [4.78, 5) is 25.4. The molecule has 220 valence electrons. The Morgan fingerprint density at radius 1 is 0.351 bits per heavy atom. The van der Waals surface area contributed by atoms with E-state index in [1.54, 1.807) is 14.1 Å². The van der Waals surface area contributed by atoms with E-state index in [9.17, 15) is 9.59 Å². The predicted octanol–water partition coefficient (Wildman–Crippen LogP) is 11.1. The lowest BCUT2D eigenvalue weighted by atomic mass is 10.0. The van der Waals surface area contributed by atoms with Crippen LogP contribution in [0.1, 0.15) is 194 Å². The summed E-state index contributed by atoms with van der Waals surface area (Å²) in [5.41, 5.74) is 0. The molecule has 0 aromatic heterocycles. The molecule has 0 fully saturated rings. The van der Waals surface area contributed by atoms with Crippen LogP contribution in [-0.2, 0) is 9.59 Å². The van der Waals surface area contributed by atoms with E-state index in [0.29, 0.717) is 12.8 Å². The first kappa shape index (κ1) is 36.3. The summed E-state index contributed by atoms with van der Waals surface area (Å²) < 4.78 is -0.0590. The van der Waals surface area contributed by atoms with Crippen LogP contribution < -0.4 is 0 Å². The van der Waals surface area contributed by atoms with Gasteiger partial charge >= 0.3 is 11.8 Å².